The Morgan fingerprint density at radius 1 is 1.19 bits per heavy atom. The Bertz CT molecular complexity index is 828. The van der Waals surface area contributed by atoms with Crippen molar-refractivity contribution in [3.05, 3.63) is 29.8 Å². The van der Waals surface area contributed by atoms with Gasteiger partial charge in [0.05, 0.1) is 12.6 Å². The molecule has 1 fully saturated rings. The van der Waals surface area contributed by atoms with E-state index >= 15 is 0 Å². The Kier molecular flexibility index (Phi) is 9.01. The van der Waals surface area contributed by atoms with Gasteiger partial charge in [-0.25, -0.2) is 4.79 Å². The summed E-state index contributed by atoms with van der Waals surface area (Å²) in [6.45, 7) is 3.67. The molecule has 2 rings (SSSR count). The first kappa shape index (κ1) is 25.1. The molecule has 1 aromatic carbocycles. The fourth-order valence-electron chi connectivity index (χ4n) is 3.64. The zero-order valence-corrected chi connectivity index (χ0v) is 18.4. The predicted octanol–water partition coefficient (Wildman–Crippen LogP) is -0.0153. The second-order valence-electron chi connectivity index (χ2n) is 8.15. The fourth-order valence-corrected chi connectivity index (χ4v) is 3.64. The van der Waals surface area contributed by atoms with Crippen molar-refractivity contribution in [2.24, 2.45) is 11.7 Å². The highest BCUT2D eigenvalue weighted by molar-refractivity contribution is 5.93. The Morgan fingerprint density at radius 2 is 1.84 bits per heavy atom. The zero-order valence-electron chi connectivity index (χ0n) is 18.4. The molecule has 0 aliphatic carbocycles. The minimum absolute atomic E-state index is 0.110. The van der Waals surface area contributed by atoms with E-state index in [4.69, 9.17) is 5.73 Å². The first-order valence-electron chi connectivity index (χ1n) is 10.8. The minimum Gasteiger partial charge on any atom is -0.508 e. The van der Waals surface area contributed by atoms with Gasteiger partial charge in [-0.2, -0.15) is 0 Å². The van der Waals surface area contributed by atoms with E-state index in [-0.39, 0.29) is 24.6 Å². The number of phenols is 1. The Labute approximate surface area is 187 Å². The lowest BCUT2D eigenvalue weighted by molar-refractivity contribution is -0.148. The fraction of sp³-hybridized carbons (Fsp3) is 0.545. The summed E-state index contributed by atoms with van der Waals surface area (Å²) in [7, 11) is 0. The van der Waals surface area contributed by atoms with Gasteiger partial charge in [0.25, 0.3) is 0 Å². The SMILES string of the molecule is CCC(C)C(NC(=O)C(N)Cc1ccc(O)cc1)C(=O)NCC(=O)N1CCCC1C(=O)O. The summed E-state index contributed by atoms with van der Waals surface area (Å²) in [6, 6.07) is 3.66. The average molecular weight is 449 g/mol. The highest BCUT2D eigenvalue weighted by atomic mass is 16.4. The van der Waals surface area contributed by atoms with E-state index in [1.807, 2.05) is 6.92 Å². The third kappa shape index (κ3) is 6.68. The van der Waals surface area contributed by atoms with Crippen LogP contribution >= 0.6 is 0 Å². The number of hydrogen-bond acceptors (Lipinski definition) is 6. The predicted molar refractivity (Wildman–Crippen MR) is 117 cm³/mol. The van der Waals surface area contributed by atoms with Gasteiger partial charge in [-0.15, -0.1) is 0 Å². The lowest BCUT2D eigenvalue weighted by Gasteiger charge is -2.26. The molecule has 4 atom stereocenters. The van der Waals surface area contributed by atoms with Crippen LogP contribution in [0.25, 0.3) is 0 Å². The molecule has 0 bridgehead atoms. The molecular weight excluding hydrogens is 416 g/mol. The van der Waals surface area contributed by atoms with Crippen molar-refractivity contribution in [1.82, 2.24) is 15.5 Å². The lowest BCUT2D eigenvalue weighted by Crippen LogP contribution is -2.56. The molecule has 0 aromatic heterocycles. The molecule has 10 nitrogen and oxygen atoms in total. The van der Waals surface area contributed by atoms with Crippen molar-refractivity contribution < 1.29 is 29.4 Å². The standard InChI is InChI=1S/C22H32N4O6/c1-3-13(2)19(25-20(29)16(23)11-14-6-8-15(27)9-7-14)21(30)24-12-18(28)26-10-4-5-17(26)22(31)32/h6-9,13,16-17,19,27H,3-5,10-12,23H2,1-2H3,(H,24,30)(H,25,29)(H,31,32). The molecule has 1 aromatic rings. The maximum Gasteiger partial charge on any atom is 0.326 e. The number of rotatable bonds is 10. The first-order chi connectivity index (χ1) is 15.1. The van der Waals surface area contributed by atoms with Crippen LogP contribution in [0.2, 0.25) is 0 Å². The van der Waals surface area contributed by atoms with Crippen molar-refractivity contribution in [2.45, 2.75) is 57.7 Å². The Hall–Kier alpha value is -3.14. The second kappa shape index (κ2) is 11.5. The van der Waals surface area contributed by atoms with Crippen LogP contribution in [0.4, 0.5) is 0 Å². The molecule has 6 N–H and O–H groups in total. The number of carbonyl (C=O) groups excluding carboxylic acids is 3. The third-order valence-electron chi connectivity index (χ3n) is 5.79. The molecule has 1 aliphatic rings. The topological polar surface area (TPSA) is 162 Å². The van der Waals surface area contributed by atoms with E-state index in [1.54, 1.807) is 19.1 Å². The van der Waals surface area contributed by atoms with E-state index in [2.05, 4.69) is 10.6 Å². The maximum atomic E-state index is 12.8. The summed E-state index contributed by atoms with van der Waals surface area (Å²) < 4.78 is 0. The van der Waals surface area contributed by atoms with Gasteiger partial charge in [-0.05, 0) is 42.9 Å². The smallest absolute Gasteiger partial charge is 0.326 e. The van der Waals surface area contributed by atoms with Crippen LogP contribution in [0, 0.1) is 5.92 Å². The van der Waals surface area contributed by atoms with Crippen molar-refractivity contribution in [3.63, 3.8) is 0 Å². The summed E-state index contributed by atoms with van der Waals surface area (Å²) in [5.74, 6) is -2.66. The van der Waals surface area contributed by atoms with Crippen LogP contribution in [-0.4, -0.2) is 70.0 Å². The number of nitrogens with one attached hydrogen (secondary N) is 2. The number of hydrogen-bond donors (Lipinski definition) is 5. The number of aliphatic carboxylic acids is 1. The highest BCUT2D eigenvalue weighted by Gasteiger charge is 2.34. The number of carboxylic acid groups (broad SMARTS) is 1. The summed E-state index contributed by atoms with van der Waals surface area (Å²) in [4.78, 5) is 50.3. The molecular formula is C22H32N4O6. The van der Waals surface area contributed by atoms with Gasteiger partial charge >= 0.3 is 5.97 Å². The van der Waals surface area contributed by atoms with Crippen LogP contribution in [-0.2, 0) is 25.6 Å². The van der Waals surface area contributed by atoms with Crippen LogP contribution in [0.1, 0.15) is 38.7 Å². The molecule has 1 aliphatic heterocycles. The first-order valence-corrected chi connectivity index (χ1v) is 10.8. The molecule has 1 heterocycles. The number of amides is 3. The maximum absolute atomic E-state index is 12.8. The quantitative estimate of drug-likeness (QED) is 0.336. The molecule has 10 heteroatoms. The monoisotopic (exact) mass is 448 g/mol. The second-order valence-corrected chi connectivity index (χ2v) is 8.15. The van der Waals surface area contributed by atoms with Gasteiger partial charge in [0.1, 0.15) is 17.8 Å². The zero-order chi connectivity index (χ0) is 23.8. The summed E-state index contributed by atoms with van der Waals surface area (Å²) in [5, 5.41) is 23.8. The highest BCUT2D eigenvalue weighted by Crippen LogP contribution is 2.17. The third-order valence-corrected chi connectivity index (χ3v) is 5.79. The summed E-state index contributed by atoms with van der Waals surface area (Å²) in [6.07, 6.45) is 1.82. The largest absolute Gasteiger partial charge is 0.508 e. The number of benzene rings is 1. The van der Waals surface area contributed by atoms with E-state index in [0.29, 0.717) is 25.8 Å². The molecule has 176 valence electrons. The van der Waals surface area contributed by atoms with Crippen LogP contribution in [0.15, 0.2) is 24.3 Å². The normalized spacial score (nSPS) is 18.5. The van der Waals surface area contributed by atoms with E-state index in [1.165, 1.54) is 17.0 Å². The summed E-state index contributed by atoms with van der Waals surface area (Å²) in [5.41, 5.74) is 6.77. The molecule has 0 saturated carbocycles. The molecule has 4 unspecified atom stereocenters. The van der Waals surface area contributed by atoms with Crippen LogP contribution in [0.3, 0.4) is 0 Å². The van der Waals surface area contributed by atoms with Crippen molar-refractivity contribution in [2.75, 3.05) is 13.1 Å². The van der Waals surface area contributed by atoms with Gasteiger partial charge in [0, 0.05) is 6.54 Å². The van der Waals surface area contributed by atoms with Crippen molar-refractivity contribution >= 4 is 23.7 Å². The van der Waals surface area contributed by atoms with Gasteiger partial charge in [0.15, 0.2) is 0 Å². The van der Waals surface area contributed by atoms with E-state index in [9.17, 15) is 29.4 Å². The van der Waals surface area contributed by atoms with Crippen molar-refractivity contribution in [1.29, 1.82) is 0 Å². The van der Waals surface area contributed by atoms with Gasteiger partial charge < -0.3 is 31.5 Å². The number of nitrogens with two attached hydrogens (primary N) is 1. The molecule has 0 radical (unpaired) electrons. The number of carbonyl (C=O) groups is 4. The minimum atomic E-state index is -1.06. The molecule has 3 amide bonds. The lowest BCUT2D eigenvalue weighted by atomic mass is 9.97. The number of aromatic hydroxyl groups is 1. The Balaban J connectivity index is 1.95. The summed E-state index contributed by atoms with van der Waals surface area (Å²) >= 11 is 0. The van der Waals surface area contributed by atoms with Gasteiger partial charge in [-0.3, -0.25) is 14.4 Å². The average Bonchev–Trinajstić information content (AvgIpc) is 3.27. The number of carboxylic acids is 1. The molecule has 32 heavy (non-hydrogen) atoms. The Morgan fingerprint density at radius 3 is 2.44 bits per heavy atom. The van der Waals surface area contributed by atoms with Crippen molar-refractivity contribution in [3.8, 4) is 5.75 Å². The van der Waals surface area contributed by atoms with E-state index < -0.39 is 41.8 Å². The number of likely N-dealkylation sites (tertiary alicyclic amines) is 1. The number of phenolic OH excluding ortho intramolecular Hbond substituents is 1. The van der Waals surface area contributed by atoms with Gasteiger partial charge in [-0.1, -0.05) is 32.4 Å². The number of nitrogens with zero attached hydrogens (tertiary/aromatic N) is 1. The van der Waals surface area contributed by atoms with E-state index in [0.717, 1.165) is 5.56 Å². The van der Waals surface area contributed by atoms with Crippen LogP contribution < -0.4 is 16.4 Å². The molecule has 0 spiro atoms. The molecule has 1 saturated heterocycles. The van der Waals surface area contributed by atoms with Crippen LogP contribution in [0.5, 0.6) is 5.75 Å². The van der Waals surface area contributed by atoms with Gasteiger partial charge in [0.2, 0.25) is 17.7 Å².